The quantitative estimate of drug-likeness (QED) is 0.666. The second kappa shape index (κ2) is 8.09. The number of piperidine rings is 1. The molecule has 0 N–H and O–H groups in total. The molecule has 4 rings (SSSR count). The lowest BCUT2D eigenvalue weighted by Crippen LogP contribution is -2.41. The fraction of sp³-hybridized carbons (Fsp3) is 0.455. The number of rotatable bonds is 6. The lowest BCUT2D eigenvalue weighted by molar-refractivity contribution is 0.135. The third-order valence-electron chi connectivity index (χ3n) is 5.73. The molecule has 1 aliphatic heterocycles. The second-order valence-electron chi connectivity index (χ2n) is 7.91. The van der Waals surface area contributed by atoms with E-state index in [1.165, 1.54) is 31.5 Å². The standard InChI is InChI=1S/C22H29N5/c1-18-8-10-25(11-9-18)19(2)14-26-17-23-13-22(26)21-12-24-27(16-21)15-20-6-4-3-5-7-20/h3-7,12-13,16-19H,8-11,14-15H2,1-2H3. The molecule has 0 bridgehead atoms. The van der Waals surface area contributed by atoms with Crippen LogP contribution in [0.5, 0.6) is 0 Å². The molecule has 1 aromatic carbocycles. The molecule has 1 saturated heterocycles. The van der Waals surface area contributed by atoms with Crippen LogP contribution in [0.2, 0.25) is 0 Å². The van der Waals surface area contributed by atoms with Crippen molar-refractivity contribution in [3.63, 3.8) is 0 Å². The number of aromatic nitrogens is 4. The number of hydrogen-bond donors (Lipinski definition) is 0. The minimum atomic E-state index is 0.518. The lowest BCUT2D eigenvalue weighted by atomic mass is 9.98. The van der Waals surface area contributed by atoms with Gasteiger partial charge in [0.25, 0.3) is 0 Å². The Bertz CT molecular complexity index is 842. The van der Waals surface area contributed by atoms with Gasteiger partial charge >= 0.3 is 0 Å². The summed E-state index contributed by atoms with van der Waals surface area (Å²) in [5.41, 5.74) is 3.53. The highest BCUT2D eigenvalue weighted by atomic mass is 15.3. The van der Waals surface area contributed by atoms with Crippen LogP contribution in [-0.2, 0) is 13.1 Å². The van der Waals surface area contributed by atoms with Crippen LogP contribution < -0.4 is 0 Å². The van der Waals surface area contributed by atoms with E-state index in [9.17, 15) is 0 Å². The Hall–Kier alpha value is -2.40. The van der Waals surface area contributed by atoms with E-state index in [-0.39, 0.29) is 0 Å². The van der Waals surface area contributed by atoms with Crippen molar-refractivity contribution in [2.45, 2.75) is 45.8 Å². The van der Waals surface area contributed by atoms with Crippen molar-refractivity contribution in [3.8, 4) is 11.3 Å². The average Bonchev–Trinajstić information content (AvgIpc) is 3.32. The largest absolute Gasteiger partial charge is 0.329 e. The van der Waals surface area contributed by atoms with E-state index in [0.717, 1.165) is 30.3 Å². The summed E-state index contributed by atoms with van der Waals surface area (Å²) in [6, 6.07) is 11.0. The number of hydrogen-bond acceptors (Lipinski definition) is 3. The van der Waals surface area contributed by atoms with E-state index in [1.54, 1.807) is 0 Å². The maximum absolute atomic E-state index is 4.55. The predicted molar refractivity (Wildman–Crippen MR) is 108 cm³/mol. The van der Waals surface area contributed by atoms with Gasteiger partial charge in [0.05, 0.1) is 31.0 Å². The Kier molecular flexibility index (Phi) is 5.39. The van der Waals surface area contributed by atoms with Gasteiger partial charge in [-0.05, 0) is 44.3 Å². The molecule has 0 spiro atoms. The van der Waals surface area contributed by atoms with Crippen LogP contribution >= 0.6 is 0 Å². The van der Waals surface area contributed by atoms with Gasteiger partial charge < -0.3 is 4.57 Å². The maximum atomic E-state index is 4.55. The van der Waals surface area contributed by atoms with Crippen LogP contribution in [0.25, 0.3) is 11.3 Å². The zero-order chi connectivity index (χ0) is 18.6. The Labute approximate surface area is 161 Å². The van der Waals surface area contributed by atoms with E-state index in [2.05, 4.69) is 63.9 Å². The lowest BCUT2D eigenvalue weighted by Gasteiger charge is -2.35. The van der Waals surface area contributed by atoms with Gasteiger partial charge in [0.2, 0.25) is 0 Å². The maximum Gasteiger partial charge on any atom is 0.0951 e. The summed E-state index contributed by atoms with van der Waals surface area (Å²) in [5, 5.41) is 4.55. The first-order chi connectivity index (χ1) is 13.2. The minimum Gasteiger partial charge on any atom is -0.329 e. The number of nitrogens with zero attached hydrogens (tertiary/aromatic N) is 5. The van der Waals surface area contributed by atoms with E-state index in [0.29, 0.717) is 6.04 Å². The molecule has 3 heterocycles. The summed E-state index contributed by atoms with van der Waals surface area (Å²) >= 11 is 0. The average molecular weight is 364 g/mol. The van der Waals surface area contributed by atoms with Gasteiger partial charge in [-0.25, -0.2) is 4.98 Å². The molecule has 5 nitrogen and oxygen atoms in total. The molecule has 1 unspecified atom stereocenters. The van der Waals surface area contributed by atoms with Crippen molar-refractivity contribution in [1.82, 2.24) is 24.2 Å². The summed E-state index contributed by atoms with van der Waals surface area (Å²) < 4.78 is 4.27. The molecule has 0 saturated carbocycles. The van der Waals surface area contributed by atoms with E-state index >= 15 is 0 Å². The molecule has 2 aromatic heterocycles. The zero-order valence-electron chi connectivity index (χ0n) is 16.3. The van der Waals surface area contributed by atoms with Crippen LogP contribution in [0, 0.1) is 5.92 Å². The Morgan fingerprint density at radius 1 is 1.11 bits per heavy atom. The second-order valence-corrected chi connectivity index (χ2v) is 7.91. The molecular weight excluding hydrogens is 334 g/mol. The number of imidazole rings is 1. The first-order valence-electron chi connectivity index (χ1n) is 10.00. The monoisotopic (exact) mass is 363 g/mol. The molecule has 5 heteroatoms. The summed E-state index contributed by atoms with van der Waals surface area (Å²) in [5.74, 6) is 0.868. The highest BCUT2D eigenvalue weighted by Gasteiger charge is 2.21. The number of benzene rings is 1. The molecule has 142 valence electrons. The fourth-order valence-corrected chi connectivity index (χ4v) is 3.93. The first-order valence-corrected chi connectivity index (χ1v) is 10.00. The third-order valence-corrected chi connectivity index (χ3v) is 5.73. The molecule has 27 heavy (non-hydrogen) atoms. The van der Waals surface area contributed by atoms with Gasteiger partial charge in [-0.15, -0.1) is 0 Å². The molecule has 0 radical (unpaired) electrons. The van der Waals surface area contributed by atoms with E-state index in [1.807, 2.05) is 29.5 Å². The van der Waals surface area contributed by atoms with Crippen molar-refractivity contribution in [2.75, 3.05) is 13.1 Å². The smallest absolute Gasteiger partial charge is 0.0951 e. The Balaban J connectivity index is 1.44. The third kappa shape index (κ3) is 4.30. The van der Waals surface area contributed by atoms with Crippen molar-refractivity contribution in [3.05, 3.63) is 60.8 Å². The minimum absolute atomic E-state index is 0.518. The predicted octanol–water partition coefficient (Wildman–Crippen LogP) is 3.92. The molecule has 1 atom stereocenters. The van der Waals surface area contributed by atoms with E-state index < -0.39 is 0 Å². The summed E-state index contributed by atoms with van der Waals surface area (Å²) in [7, 11) is 0. The van der Waals surface area contributed by atoms with Gasteiger partial charge in [-0.2, -0.15) is 5.10 Å². The number of likely N-dealkylation sites (tertiary alicyclic amines) is 1. The fourth-order valence-electron chi connectivity index (χ4n) is 3.93. The summed E-state index contributed by atoms with van der Waals surface area (Å²) in [6.07, 6.45) is 10.6. The molecule has 1 fully saturated rings. The summed E-state index contributed by atoms with van der Waals surface area (Å²) in [4.78, 5) is 7.02. The highest BCUT2D eigenvalue weighted by Crippen LogP contribution is 2.22. The van der Waals surface area contributed by atoms with Gasteiger partial charge in [0.15, 0.2) is 0 Å². The van der Waals surface area contributed by atoms with Crippen molar-refractivity contribution < 1.29 is 0 Å². The SMILES string of the molecule is CC1CCN(C(C)Cn2cncc2-c2cnn(Cc3ccccc3)c2)CC1. The van der Waals surface area contributed by atoms with Crippen molar-refractivity contribution in [2.24, 2.45) is 5.92 Å². The van der Waals surface area contributed by atoms with Crippen LogP contribution in [0.4, 0.5) is 0 Å². The van der Waals surface area contributed by atoms with Crippen LogP contribution in [0.1, 0.15) is 32.3 Å². The topological polar surface area (TPSA) is 38.9 Å². The van der Waals surface area contributed by atoms with Crippen LogP contribution in [0.3, 0.4) is 0 Å². The van der Waals surface area contributed by atoms with Gasteiger partial charge in [0.1, 0.15) is 0 Å². The van der Waals surface area contributed by atoms with Gasteiger partial charge in [0, 0.05) is 24.3 Å². The van der Waals surface area contributed by atoms with Crippen molar-refractivity contribution >= 4 is 0 Å². The zero-order valence-corrected chi connectivity index (χ0v) is 16.3. The molecular formula is C22H29N5. The molecule has 3 aromatic rings. The van der Waals surface area contributed by atoms with Crippen LogP contribution in [0.15, 0.2) is 55.2 Å². The Morgan fingerprint density at radius 3 is 2.67 bits per heavy atom. The molecule has 1 aliphatic rings. The van der Waals surface area contributed by atoms with E-state index in [4.69, 9.17) is 0 Å². The van der Waals surface area contributed by atoms with Gasteiger partial charge in [-0.1, -0.05) is 37.3 Å². The highest BCUT2D eigenvalue weighted by molar-refractivity contribution is 5.56. The summed E-state index contributed by atoms with van der Waals surface area (Å²) in [6.45, 7) is 8.87. The van der Waals surface area contributed by atoms with Gasteiger partial charge in [-0.3, -0.25) is 9.58 Å². The first kappa shape index (κ1) is 18.0. The Morgan fingerprint density at radius 2 is 1.89 bits per heavy atom. The van der Waals surface area contributed by atoms with Crippen LogP contribution in [-0.4, -0.2) is 43.4 Å². The van der Waals surface area contributed by atoms with Crippen molar-refractivity contribution in [1.29, 1.82) is 0 Å². The molecule has 0 amide bonds. The molecule has 0 aliphatic carbocycles. The normalized spacial score (nSPS) is 17.3.